The number of piperidine rings is 1. The van der Waals surface area contributed by atoms with Crippen LogP contribution in [0.4, 0.5) is 0 Å². The molecule has 2 fully saturated rings. The smallest absolute Gasteiger partial charge is 0.0244 e. The molecule has 1 heteroatoms. The third-order valence-corrected chi connectivity index (χ3v) is 5.42. The Morgan fingerprint density at radius 3 is 2.24 bits per heavy atom. The molecular weight excluding hydrogens is 254 g/mol. The number of likely N-dealkylation sites (tertiary alicyclic amines) is 1. The number of benzene rings is 1. The van der Waals surface area contributed by atoms with E-state index in [0.717, 1.165) is 0 Å². The van der Waals surface area contributed by atoms with E-state index < -0.39 is 0 Å². The number of nitrogens with zero attached hydrogens (tertiary/aromatic N) is 1. The van der Waals surface area contributed by atoms with Crippen molar-refractivity contribution in [2.45, 2.75) is 63.3 Å². The second-order valence-electron chi connectivity index (χ2n) is 6.85. The standard InChI is InChI=1S/C20H29N/c1-4-11-19(12-5-1)13-10-16-20(14-6-2-7-15-20)21-17-8-3-9-18-21/h1,4-5,10-13H,2-3,6-9,14-18H2/b13-10+. The summed E-state index contributed by atoms with van der Waals surface area (Å²) >= 11 is 0. The van der Waals surface area contributed by atoms with Gasteiger partial charge in [-0.25, -0.2) is 0 Å². The predicted molar refractivity (Wildman–Crippen MR) is 91.3 cm³/mol. The van der Waals surface area contributed by atoms with E-state index in [1.165, 1.54) is 76.4 Å². The zero-order chi connectivity index (χ0) is 14.4. The second-order valence-corrected chi connectivity index (χ2v) is 6.85. The molecular formula is C20H29N. The summed E-state index contributed by atoms with van der Waals surface area (Å²) in [4.78, 5) is 2.84. The molecule has 1 saturated heterocycles. The summed E-state index contributed by atoms with van der Waals surface area (Å²) in [6.45, 7) is 2.67. The summed E-state index contributed by atoms with van der Waals surface area (Å²) in [5.74, 6) is 0. The fourth-order valence-corrected chi connectivity index (χ4v) is 4.21. The van der Waals surface area contributed by atoms with Gasteiger partial charge in [-0.05, 0) is 50.8 Å². The lowest BCUT2D eigenvalue weighted by Crippen LogP contribution is -2.51. The SMILES string of the molecule is C(=C\c1ccccc1)/CC1(N2CCCCC2)CCCCC1. The quantitative estimate of drug-likeness (QED) is 0.726. The van der Waals surface area contributed by atoms with Gasteiger partial charge in [0, 0.05) is 5.54 Å². The van der Waals surface area contributed by atoms with Crippen LogP contribution >= 0.6 is 0 Å². The molecule has 0 spiro atoms. The van der Waals surface area contributed by atoms with Crippen LogP contribution in [0.1, 0.15) is 63.4 Å². The molecule has 1 aliphatic heterocycles. The zero-order valence-electron chi connectivity index (χ0n) is 13.3. The van der Waals surface area contributed by atoms with Crippen LogP contribution < -0.4 is 0 Å². The summed E-state index contributed by atoms with van der Waals surface area (Å²) in [7, 11) is 0. The molecule has 1 heterocycles. The Morgan fingerprint density at radius 1 is 0.857 bits per heavy atom. The van der Waals surface area contributed by atoms with Crippen LogP contribution in [-0.2, 0) is 0 Å². The Labute approximate surface area is 130 Å². The van der Waals surface area contributed by atoms with Gasteiger partial charge >= 0.3 is 0 Å². The largest absolute Gasteiger partial charge is 0.297 e. The summed E-state index contributed by atoms with van der Waals surface area (Å²) in [5.41, 5.74) is 1.81. The van der Waals surface area contributed by atoms with Gasteiger partial charge in [-0.1, -0.05) is 68.2 Å². The first-order valence-corrected chi connectivity index (χ1v) is 8.86. The molecule has 114 valence electrons. The molecule has 0 atom stereocenters. The molecule has 1 aliphatic carbocycles. The van der Waals surface area contributed by atoms with Gasteiger partial charge in [-0.15, -0.1) is 0 Å². The molecule has 1 nitrogen and oxygen atoms in total. The summed E-state index contributed by atoms with van der Waals surface area (Å²) in [6, 6.07) is 10.7. The lowest BCUT2D eigenvalue weighted by Gasteiger charge is -2.48. The van der Waals surface area contributed by atoms with Crippen molar-refractivity contribution in [3.63, 3.8) is 0 Å². The lowest BCUT2D eigenvalue weighted by atomic mass is 9.77. The second kappa shape index (κ2) is 7.26. The van der Waals surface area contributed by atoms with Crippen LogP contribution in [0.15, 0.2) is 36.4 Å². The van der Waals surface area contributed by atoms with E-state index in [9.17, 15) is 0 Å². The number of rotatable bonds is 4. The summed E-state index contributed by atoms with van der Waals surface area (Å²) in [5, 5.41) is 0. The van der Waals surface area contributed by atoms with Gasteiger partial charge in [0.25, 0.3) is 0 Å². The molecule has 0 radical (unpaired) electrons. The number of hydrogen-bond acceptors (Lipinski definition) is 1. The molecule has 21 heavy (non-hydrogen) atoms. The third-order valence-electron chi connectivity index (χ3n) is 5.42. The fourth-order valence-electron chi connectivity index (χ4n) is 4.21. The van der Waals surface area contributed by atoms with Crippen molar-refractivity contribution in [2.75, 3.05) is 13.1 Å². The van der Waals surface area contributed by atoms with E-state index in [-0.39, 0.29) is 0 Å². The summed E-state index contributed by atoms with van der Waals surface area (Å²) < 4.78 is 0. The van der Waals surface area contributed by atoms with Gasteiger partial charge in [-0.3, -0.25) is 4.90 Å². The molecule has 1 aromatic rings. The molecule has 1 aromatic carbocycles. The maximum atomic E-state index is 2.84. The minimum Gasteiger partial charge on any atom is -0.297 e. The molecule has 0 unspecified atom stereocenters. The maximum absolute atomic E-state index is 2.84. The molecule has 2 aliphatic rings. The van der Waals surface area contributed by atoms with Crippen molar-refractivity contribution in [1.29, 1.82) is 0 Å². The average molecular weight is 283 g/mol. The van der Waals surface area contributed by atoms with Crippen molar-refractivity contribution in [2.24, 2.45) is 0 Å². The molecule has 0 aromatic heterocycles. The van der Waals surface area contributed by atoms with Crippen molar-refractivity contribution in [3.05, 3.63) is 42.0 Å². The van der Waals surface area contributed by atoms with E-state index in [1.807, 2.05) is 0 Å². The molecule has 3 rings (SSSR count). The van der Waals surface area contributed by atoms with Crippen LogP contribution in [0.3, 0.4) is 0 Å². The van der Waals surface area contributed by atoms with E-state index in [2.05, 4.69) is 47.4 Å². The first-order chi connectivity index (χ1) is 10.4. The van der Waals surface area contributed by atoms with Gasteiger partial charge in [0.15, 0.2) is 0 Å². The normalized spacial score (nSPS) is 23.4. The van der Waals surface area contributed by atoms with Crippen molar-refractivity contribution < 1.29 is 0 Å². The van der Waals surface area contributed by atoms with Crippen molar-refractivity contribution >= 4 is 6.08 Å². The highest BCUT2D eigenvalue weighted by molar-refractivity contribution is 5.48. The average Bonchev–Trinajstić information content (AvgIpc) is 2.58. The fraction of sp³-hybridized carbons (Fsp3) is 0.600. The van der Waals surface area contributed by atoms with E-state index >= 15 is 0 Å². The first kappa shape index (κ1) is 14.8. The van der Waals surface area contributed by atoms with Gasteiger partial charge in [0.2, 0.25) is 0 Å². The highest BCUT2D eigenvalue weighted by Gasteiger charge is 2.37. The Balaban J connectivity index is 1.68. The van der Waals surface area contributed by atoms with Gasteiger partial charge in [0.05, 0.1) is 0 Å². The van der Waals surface area contributed by atoms with Crippen LogP contribution in [0.25, 0.3) is 6.08 Å². The van der Waals surface area contributed by atoms with Gasteiger partial charge in [-0.2, -0.15) is 0 Å². The van der Waals surface area contributed by atoms with Crippen LogP contribution in [0, 0.1) is 0 Å². The number of hydrogen-bond donors (Lipinski definition) is 0. The highest BCUT2D eigenvalue weighted by atomic mass is 15.2. The monoisotopic (exact) mass is 283 g/mol. The minimum absolute atomic E-state index is 0.476. The molecule has 0 N–H and O–H groups in total. The van der Waals surface area contributed by atoms with Crippen LogP contribution in [0.5, 0.6) is 0 Å². The van der Waals surface area contributed by atoms with Gasteiger partial charge in [0.1, 0.15) is 0 Å². The molecule has 0 amide bonds. The molecule has 1 saturated carbocycles. The van der Waals surface area contributed by atoms with Crippen LogP contribution in [-0.4, -0.2) is 23.5 Å². The Bertz CT molecular complexity index is 436. The van der Waals surface area contributed by atoms with E-state index in [4.69, 9.17) is 0 Å². The van der Waals surface area contributed by atoms with Crippen molar-refractivity contribution in [3.8, 4) is 0 Å². The Kier molecular flexibility index (Phi) is 5.13. The van der Waals surface area contributed by atoms with Crippen LogP contribution in [0.2, 0.25) is 0 Å². The summed E-state index contributed by atoms with van der Waals surface area (Å²) in [6.07, 6.45) is 17.4. The lowest BCUT2D eigenvalue weighted by molar-refractivity contribution is 0.0358. The Morgan fingerprint density at radius 2 is 1.52 bits per heavy atom. The van der Waals surface area contributed by atoms with E-state index in [1.54, 1.807) is 0 Å². The Hall–Kier alpha value is -1.08. The third kappa shape index (κ3) is 3.77. The topological polar surface area (TPSA) is 3.24 Å². The molecule has 0 bridgehead atoms. The van der Waals surface area contributed by atoms with Gasteiger partial charge < -0.3 is 0 Å². The highest BCUT2D eigenvalue weighted by Crippen LogP contribution is 2.38. The predicted octanol–water partition coefficient (Wildman–Crippen LogP) is 5.28. The minimum atomic E-state index is 0.476. The van der Waals surface area contributed by atoms with E-state index in [0.29, 0.717) is 5.54 Å². The van der Waals surface area contributed by atoms with Crippen molar-refractivity contribution in [1.82, 2.24) is 4.90 Å². The zero-order valence-corrected chi connectivity index (χ0v) is 13.3. The first-order valence-electron chi connectivity index (χ1n) is 8.86. The maximum Gasteiger partial charge on any atom is 0.0244 e.